The summed E-state index contributed by atoms with van der Waals surface area (Å²) in [6.07, 6.45) is 13.1. The lowest BCUT2D eigenvalue weighted by Crippen LogP contribution is -1.98. The number of aromatic nitrogens is 1. The van der Waals surface area contributed by atoms with Crippen molar-refractivity contribution in [1.82, 2.24) is 4.98 Å². The van der Waals surface area contributed by atoms with E-state index in [0.717, 1.165) is 29.8 Å². The van der Waals surface area contributed by atoms with Crippen LogP contribution in [0.5, 0.6) is 0 Å². The lowest BCUT2D eigenvalue weighted by Gasteiger charge is -2.14. The second-order valence-corrected chi connectivity index (χ2v) is 7.07. The van der Waals surface area contributed by atoms with Gasteiger partial charge in [0.25, 0.3) is 0 Å². The second-order valence-electron chi connectivity index (χ2n) is 7.07. The van der Waals surface area contributed by atoms with Crippen molar-refractivity contribution in [3.63, 3.8) is 0 Å². The minimum absolute atomic E-state index is 0.623. The smallest absolute Gasteiger partial charge is 0.0881 e. The van der Waals surface area contributed by atoms with E-state index in [0.29, 0.717) is 5.92 Å². The van der Waals surface area contributed by atoms with E-state index in [9.17, 15) is 0 Å². The number of aryl methyl sites for hydroxylation is 1. The van der Waals surface area contributed by atoms with Crippen molar-refractivity contribution in [3.05, 3.63) is 82.7 Å². The van der Waals surface area contributed by atoms with Gasteiger partial charge in [-0.1, -0.05) is 51.1 Å². The van der Waals surface area contributed by atoms with Gasteiger partial charge in [-0.25, -0.2) is 0 Å². The molecule has 0 N–H and O–H groups in total. The molecule has 0 spiro atoms. The summed E-state index contributed by atoms with van der Waals surface area (Å²) in [5.74, 6) is 0.623. The molecule has 28 heavy (non-hydrogen) atoms. The zero-order chi connectivity index (χ0) is 20.1. The van der Waals surface area contributed by atoms with Crippen LogP contribution in [0, 0.1) is 12.8 Å². The molecule has 0 radical (unpaired) electrons. The van der Waals surface area contributed by atoms with Crippen LogP contribution in [-0.4, -0.2) is 12.0 Å². The molecule has 0 fully saturated rings. The summed E-state index contributed by atoms with van der Waals surface area (Å²) in [6.45, 7) is 8.33. The molecule has 2 aliphatic carbocycles. The number of rotatable bonds is 3. The summed E-state index contributed by atoms with van der Waals surface area (Å²) in [4.78, 5) is 4.74. The van der Waals surface area contributed by atoms with Crippen molar-refractivity contribution >= 4 is 16.8 Å². The number of fused-ring (bicyclic) bond motifs is 1. The molecule has 3 nitrogen and oxygen atoms in total. The molecule has 0 saturated carbocycles. The van der Waals surface area contributed by atoms with Gasteiger partial charge in [-0.3, -0.25) is 4.98 Å². The van der Waals surface area contributed by atoms with Crippen LogP contribution in [0.15, 0.2) is 65.0 Å². The van der Waals surface area contributed by atoms with Crippen molar-refractivity contribution in [1.29, 1.82) is 0 Å². The van der Waals surface area contributed by atoms with Crippen LogP contribution in [0.3, 0.4) is 0 Å². The van der Waals surface area contributed by atoms with Crippen LogP contribution in [0.25, 0.3) is 11.1 Å². The van der Waals surface area contributed by atoms with Gasteiger partial charge in [0, 0.05) is 30.8 Å². The predicted octanol–water partition coefficient (Wildman–Crippen LogP) is 7.10. The van der Waals surface area contributed by atoms with Gasteiger partial charge in [-0.2, -0.15) is 10.2 Å². The van der Waals surface area contributed by atoms with Crippen LogP contribution in [0.4, 0.5) is 5.69 Å². The highest BCUT2D eigenvalue weighted by Gasteiger charge is 2.19. The zero-order valence-electron chi connectivity index (χ0n) is 17.5. The summed E-state index contributed by atoms with van der Waals surface area (Å²) >= 11 is 0. The van der Waals surface area contributed by atoms with E-state index in [4.69, 9.17) is 4.98 Å². The van der Waals surface area contributed by atoms with E-state index in [2.05, 4.69) is 66.6 Å². The van der Waals surface area contributed by atoms with Crippen LogP contribution < -0.4 is 0 Å². The molecule has 0 saturated heterocycles. The largest absolute Gasteiger partial charge is 0.260 e. The Balaban J connectivity index is 0.00000109. The highest BCUT2D eigenvalue weighted by Crippen LogP contribution is 2.36. The van der Waals surface area contributed by atoms with Gasteiger partial charge < -0.3 is 0 Å². The van der Waals surface area contributed by atoms with Crippen molar-refractivity contribution in [2.45, 2.75) is 40.5 Å². The predicted molar refractivity (Wildman–Crippen MR) is 119 cm³/mol. The van der Waals surface area contributed by atoms with Crippen molar-refractivity contribution in [3.8, 4) is 0 Å². The van der Waals surface area contributed by atoms with E-state index in [1.807, 2.05) is 26.1 Å². The summed E-state index contributed by atoms with van der Waals surface area (Å²) < 4.78 is 0. The minimum atomic E-state index is 0.623. The fraction of sp³-hybridized carbons (Fsp3) is 0.320. The van der Waals surface area contributed by atoms with E-state index in [1.165, 1.54) is 27.8 Å². The number of allylic oxidation sites excluding steroid dienone is 5. The quantitative estimate of drug-likeness (QED) is 0.530. The van der Waals surface area contributed by atoms with Crippen molar-refractivity contribution in [2.75, 3.05) is 7.05 Å². The number of hydrogen-bond donors (Lipinski definition) is 0. The van der Waals surface area contributed by atoms with Gasteiger partial charge in [-0.05, 0) is 59.7 Å². The first kappa shape index (κ1) is 19.9. The topological polar surface area (TPSA) is 37.6 Å². The Morgan fingerprint density at radius 3 is 2.57 bits per heavy atom. The molecule has 0 amide bonds. The van der Waals surface area contributed by atoms with Crippen LogP contribution in [0.1, 0.15) is 55.1 Å². The van der Waals surface area contributed by atoms with E-state index in [-0.39, 0.29) is 0 Å². The highest BCUT2D eigenvalue weighted by atomic mass is 15.1. The third-order valence-electron chi connectivity index (χ3n) is 5.12. The molecule has 0 bridgehead atoms. The van der Waals surface area contributed by atoms with Crippen LogP contribution >= 0.6 is 0 Å². The molecule has 3 heteroatoms. The fourth-order valence-electron chi connectivity index (χ4n) is 3.61. The summed E-state index contributed by atoms with van der Waals surface area (Å²) in [6, 6.07) is 8.66. The first-order valence-electron chi connectivity index (χ1n) is 10.1. The molecule has 144 valence electrons. The SMILES string of the molecule is CC.CN=Nc1ccc(C2=CCc3ncc(C4=CCC(C)C=C4)cc32)cc1C. The van der Waals surface area contributed by atoms with Gasteiger partial charge in [0.2, 0.25) is 0 Å². The number of pyridine rings is 1. The lowest BCUT2D eigenvalue weighted by atomic mass is 9.92. The zero-order valence-corrected chi connectivity index (χ0v) is 17.5. The molecule has 0 aliphatic heterocycles. The summed E-state index contributed by atoms with van der Waals surface area (Å²) in [5.41, 5.74) is 9.44. The lowest BCUT2D eigenvalue weighted by molar-refractivity contribution is 0.739. The number of azo groups is 1. The summed E-state index contributed by atoms with van der Waals surface area (Å²) in [7, 11) is 1.70. The Labute approximate surface area is 168 Å². The van der Waals surface area contributed by atoms with Crippen molar-refractivity contribution in [2.24, 2.45) is 16.1 Å². The fourth-order valence-corrected chi connectivity index (χ4v) is 3.61. The van der Waals surface area contributed by atoms with Gasteiger partial charge in [-0.15, -0.1) is 0 Å². The summed E-state index contributed by atoms with van der Waals surface area (Å²) in [5, 5.41) is 8.06. The first-order valence-corrected chi connectivity index (χ1v) is 10.1. The maximum atomic E-state index is 4.74. The van der Waals surface area contributed by atoms with E-state index in [1.54, 1.807) is 7.05 Å². The number of nitrogens with zero attached hydrogens (tertiary/aromatic N) is 3. The standard InChI is InChI=1S/C23H23N3.C2H6/c1-15-4-6-17(7-5-15)19-13-21-20(9-11-23(21)25-14-19)18-8-10-22(26-24-3)16(2)12-18;1-2/h4,6-10,12-15H,5,11H2,1-3H3;1-2H3. The molecule has 1 atom stereocenters. The van der Waals surface area contributed by atoms with Crippen LogP contribution in [0.2, 0.25) is 0 Å². The second kappa shape index (κ2) is 8.92. The third kappa shape index (κ3) is 4.04. The molecule has 1 unspecified atom stereocenters. The Morgan fingerprint density at radius 2 is 1.89 bits per heavy atom. The van der Waals surface area contributed by atoms with Crippen LogP contribution in [-0.2, 0) is 6.42 Å². The maximum Gasteiger partial charge on any atom is 0.0881 e. The molecule has 4 rings (SSSR count). The third-order valence-corrected chi connectivity index (χ3v) is 5.12. The van der Waals surface area contributed by atoms with E-state index < -0.39 is 0 Å². The average molecular weight is 372 g/mol. The number of benzene rings is 1. The van der Waals surface area contributed by atoms with Crippen molar-refractivity contribution < 1.29 is 0 Å². The molecular formula is C25H29N3. The van der Waals surface area contributed by atoms with Gasteiger partial charge in [0.05, 0.1) is 11.4 Å². The Kier molecular flexibility index (Phi) is 6.35. The maximum absolute atomic E-state index is 4.74. The number of hydrogen-bond acceptors (Lipinski definition) is 3. The Bertz CT molecular complexity index is 977. The van der Waals surface area contributed by atoms with Gasteiger partial charge in [0.15, 0.2) is 0 Å². The normalized spacial score (nSPS) is 17.7. The molecule has 1 aromatic heterocycles. The first-order chi connectivity index (χ1) is 13.7. The molecular weight excluding hydrogens is 342 g/mol. The molecule has 1 aromatic carbocycles. The highest BCUT2D eigenvalue weighted by molar-refractivity contribution is 5.87. The minimum Gasteiger partial charge on any atom is -0.260 e. The molecule has 2 aromatic rings. The van der Waals surface area contributed by atoms with Gasteiger partial charge >= 0.3 is 0 Å². The molecule has 1 heterocycles. The Hall–Kier alpha value is -2.81. The monoisotopic (exact) mass is 371 g/mol. The van der Waals surface area contributed by atoms with E-state index >= 15 is 0 Å². The average Bonchev–Trinajstić information content (AvgIpc) is 3.15. The Morgan fingerprint density at radius 1 is 1.07 bits per heavy atom. The molecule has 2 aliphatic rings. The van der Waals surface area contributed by atoms with Gasteiger partial charge in [0.1, 0.15) is 0 Å².